The quantitative estimate of drug-likeness (QED) is 0.157. The molecule has 0 aliphatic rings. The maximum atomic E-state index is 6.10. The normalized spacial score (nSPS) is 11.8. The zero-order chi connectivity index (χ0) is 45.4. The molecule has 4 aromatic heterocycles. The summed E-state index contributed by atoms with van der Waals surface area (Å²) in [7, 11) is 0. The highest BCUT2D eigenvalue weighted by Crippen LogP contribution is 2.42. The van der Waals surface area contributed by atoms with E-state index in [0.29, 0.717) is 29.3 Å². The lowest BCUT2D eigenvalue weighted by atomic mass is 9.98. The number of para-hydroxylation sites is 4. The Morgan fingerprint density at radius 1 is 0.304 bits per heavy atom. The third-order valence-corrected chi connectivity index (χ3v) is 13.1. The summed E-state index contributed by atoms with van der Waals surface area (Å²) in [6.07, 6.45) is 0. The van der Waals surface area contributed by atoms with Crippen LogP contribution in [0, 0.1) is 0 Å². The summed E-state index contributed by atoms with van der Waals surface area (Å²) < 4.78 is 14.6. The number of rotatable bonds is 7. The van der Waals surface area contributed by atoms with Crippen molar-refractivity contribution in [3.63, 3.8) is 0 Å². The average molecular weight is 885 g/mol. The average Bonchev–Trinajstić information content (AvgIpc) is 4.16. The van der Waals surface area contributed by atoms with Gasteiger partial charge in [-0.25, -0.2) is 24.9 Å². The number of oxazole rings is 2. The second-order valence-corrected chi connectivity index (χ2v) is 17.3. The molecule has 10 aromatic carbocycles. The lowest BCUT2D eigenvalue weighted by molar-refractivity contribution is 0.619. The van der Waals surface area contributed by atoms with Crippen LogP contribution in [0.15, 0.2) is 227 Å². The summed E-state index contributed by atoms with van der Waals surface area (Å²) in [6, 6.07) is 75.2. The fourth-order valence-electron chi connectivity index (χ4n) is 9.74. The van der Waals surface area contributed by atoms with Gasteiger partial charge in [0.05, 0.1) is 11.0 Å². The van der Waals surface area contributed by atoms with E-state index in [1.165, 1.54) is 32.7 Å². The van der Waals surface area contributed by atoms with Gasteiger partial charge in [-0.15, -0.1) is 0 Å². The van der Waals surface area contributed by atoms with Crippen LogP contribution in [0.2, 0.25) is 0 Å². The van der Waals surface area contributed by atoms with E-state index in [2.05, 4.69) is 126 Å². The Bertz CT molecular complexity index is 4090. The number of fused-ring (bicyclic) bond motifs is 9. The monoisotopic (exact) mass is 884 g/mol. The molecular formula is C61H36N6O2. The molecule has 0 saturated carbocycles. The van der Waals surface area contributed by atoms with Crippen LogP contribution in [0.3, 0.4) is 0 Å². The molecule has 0 radical (unpaired) electrons. The van der Waals surface area contributed by atoms with Crippen molar-refractivity contribution < 1.29 is 8.83 Å². The van der Waals surface area contributed by atoms with E-state index in [-0.39, 0.29) is 0 Å². The summed E-state index contributed by atoms with van der Waals surface area (Å²) >= 11 is 0. The fourth-order valence-corrected chi connectivity index (χ4v) is 9.74. The van der Waals surface area contributed by atoms with Gasteiger partial charge in [0.25, 0.3) is 0 Å². The number of nitrogens with zero attached hydrogens (tertiary/aromatic N) is 6. The van der Waals surface area contributed by atoms with Crippen molar-refractivity contribution in [3.8, 4) is 73.9 Å². The van der Waals surface area contributed by atoms with Crippen molar-refractivity contribution in [2.45, 2.75) is 0 Å². The third-order valence-electron chi connectivity index (χ3n) is 13.1. The van der Waals surface area contributed by atoms with Crippen LogP contribution in [0.4, 0.5) is 0 Å². The van der Waals surface area contributed by atoms with Gasteiger partial charge < -0.3 is 13.4 Å². The number of hydrogen-bond donors (Lipinski definition) is 0. The second-order valence-electron chi connectivity index (χ2n) is 17.3. The molecule has 322 valence electrons. The topological polar surface area (TPSA) is 95.7 Å². The molecule has 0 amide bonds. The van der Waals surface area contributed by atoms with E-state index >= 15 is 0 Å². The molecule has 0 aliphatic heterocycles. The lowest BCUT2D eigenvalue weighted by Crippen LogP contribution is -2.00. The highest BCUT2D eigenvalue weighted by molar-refractivity contribution is 6.28. The fraction of sp³-hybridized carbons (Fsp3) is 0. The van der Waals surface area contributed by atoms with Crippen molar-refractivity contribution in [1.29, 1.82) is 0 Å². The van der Waals surface area contributed by atoms with Gasteiger partial charge in [0.1, 0.15) is 11.0 Å². The Morgan fingerprint density at radius 3 is 1.35 bits per heavy atom. The molecule has 8 nitrogen and oxygen atoms in total. The molecule has 14 rings (SSSR count). The Hall–Kier alpha value is -9.53. The van der Waals surface area contributed by atoms with Gasteiger partial charge in [0.15, 0.2) is 28.6 Å². The molecule has 0 spiro atoms. The van der Waals surface area contributed by atoms with E-state index in [1.807, 2.05) is 97.1 Å². The number of hydrogen-bond acceptors (Lipinski definition) is 7. The van der Waals surface area contributed by atoms with Crippen LogP contribution in [-0.2, 0) is 0 Å². The van der Waals surface area contributed by atoms with Crippen molar-refractivity contribution in [2.75, 3.05) is 0 Å². The van der Waals surface area contributed by atoms with Gasteiger partial charge >= 0.3 is 0 Å². The van der Waals surface area contributed by atoms with Gasteiger partial charge in [0, 0.05) is 44.3 Å². The Kier molecular flexibility index (Phi) is 8.72. The first-order valence-electron chi connectivity index (χ1n) is 22.9. The summed E-state index contributed by atoms with van der Waals surface area (Å²) in [6.45, 7) is 0. The first kappa shape index (κ1) is 38.7. The summed E-state index contributed by atoms with van der Waals surface area (Å²) in [5.74, 6) is 2.77. The zero-order valence-electron chi connectivity index (χ0n) is 36.8. The SMILES string of the molecule is c1ccc(-c2ccc(-n3c4ccc5ccccc5c4c4c5ccc(-c6nc(-c7ccc(-c8nc9ccccc9o8)cc7)nc(-c7ccc(-c8nc9ccccc9o8)cc7)n6)cc5ccc43)cc2)cc1. The summed E-state index contributed by atoms with van der Waals surface area (Å²) in [5.41, 5.74) is 13.2. The standard InChI is InChI=1S/C61H36N6O2/c1-2-10-37(11-3-1)38-26-31-46(32-27-38)67-51-34-29-39-12-4-5-13-47(39)55(51)56-48-33-28-45(36-44(48)30-35-52(56)67)59-65-57(40-18-22-42(23-19-40)60-62-49-14-6-8-16-53(49)68-60)64-58(66-59)41-20-24-43(25-21-41)61-63-50-15-7-9-17-54(50)69-61/h1-36H. The van der Waals surface area contributed by atoms with E-state index in [1.54, 1.807) is 0 Å². The molecule has 4 heterocycles. The highest BCUT2D eigenvalue weighted by atomic mass is 16.4. The minimum atomic E-state index is 0.547. The van der Waals surface area contributed by atoms with E-state index in [4.69, 9.17) is 33.8 Å². The Morgan fingerprint density at radius 2 is 0.754 bits per heavy atom. The Balaban J connectivity index is 0.905. The molecule has 14 aromatic rings. The van der Waals surface area contributed by atoms with Crippen molar-refractivity contribution in [2.24, 2.45) is 0 Å². The van der Waals surface area contributed by atoms with Gasteiger partial charge in [-0.1, -0.05) is 140 Å². The van der Waals surface area contributed by atoms with Gasteiger partial charge in [-0.3, -0.25) is 0 Å². The van der Waals surface area contributed by atoms with Crippen molar-refractivity contribution in [1.82, 2.24) is 29.5 Å². The lowest BCUT2D eigenvalue weighted by Gasteiger charge is -2.11. The predicted octanol–water partition coefficient (Wildman–Crippen LogP) is 15.6. The maximum absolute atomic E-state index is 6.10. The number of benzene rings is 10. The molecule has 0 saturated heterocycles. The van der Waals surface area contributed by atoms with Crippen molar-refractivity contribution >= 4 is 65.6 Å². The predicted molar refractivity (Wildman–Crippen MR) is 277 cm³/mol. The highest BCUT2D eigenvalue weighted by Gasteiger charge is 2.20. The molecule has 69 heavy (non-hydrogen) atoms. The van der Waals surface area contributed by atoms with E-state index in [9.17, 15) is 0 Å². The molecule has 0 atom stereocenters. The van der Waals surface area contributed by atoms with Gasteiger partial charge in [-0.2, -0.15) is 0 Å². The first-order chi connectivity index (χ1) is 34.1. The molecule has 0 unspecified atom stereocenters. The van der Waals surface area contributed by atoms with E-state index in [0.717, 1.165) is 77.5 Å². The summed E-state index contributed by atoms with van der Waals surface area (Å²) in [5, 5.41) is 7.07. The number of aromatic nitrogens is 6. The van der Waals surface area contributed by atoms with Crippen molar-refractivity contribution in [3.05, 3.63) is 218 Å². The van der Waals surface area contributed by atoms with Crippen LogP contribution < -0.4 is 0 Å². The molecule has 8 heteroatoms. The van der Waals surface area contributed by atoms with Crippen LogP contribution in [0.1, 0.15) is 0 Å². The minimum absolute atomic E-state index is 0.547. The first-order valence-corrected chi connectivity index (χ1v) is 22.9. The zero-order valence-corrected chi connectivity index (χ0v) is 36.8. The minimum Gasteiger partial charge on any atom is -0.436 e. The molecule has 0 aliphatic carbocycles. The smallest absolute Gasteiger partial charge is 0.227 e. The molecular weight excluding hydrogens is 849 g/mol. The van der Waals surface area contributed by atoms with Crippen LogP contribution in [-0.4, -0.2) is 29.5 Å². The van der Waals surface area contributed by atoms with Crippen LogP contribution >= 0.6 is 0 Å². The third kappa shape index (κ3) is 6.57. The Labute approximate surface area is 394 Å². The molecule has 0 N–H and O–H groups in total. The molecule has 0 fully saturated rings. The van der Waals surface area contributed by atoms with Gasteiger partial charge in [-0.05, 0) is 112 Å². The van der Waals surface area contributed by atoms with E-state index < -0.39 is 0 Å². The van der Waals surface area contributed by atoms with Crippen LogP contribution in [0.5, 0.6) is 0 Å². The second kappa shape index (κ2) is 15.5. The molecule has 0 bridgehead atoms. The maximum Gasteiger partial charge on any atom is 0.227 e. The van der Waals surface area contributed by atoms with Gasteiger partial charge in [0.2, 0.25) is 11.8 Å². The largest absolute Gasteiger partial charge is 0.436 e. The van der Waals surface area contributed by atoms with Crippen LogP contribution in [0.25, 0.3) is 139 Å². The summed E-state index contributed by atoms with van der Waals surface area (Å²) in [4.78, 5) is 24.9.